The first-order valence-electron chi connectivity index (χ1n) is 21.8. The second-order valence-corrected chi connectivity index (χ2v) is 22.4. The molecule has 3 nitrogen and oxygen atoms in total. The van der Waals surface area contributed by atoms with Gasteiger partial charge in [0.05, 0.1) is 24.5 Å². The Morgan fingerprint density at radius 1 is 0.629 bits per heavy atom. The molecule has 7 aromatic rings. The zero-order valence-corrected chi connectivity index (χ0v) is 44.9. The van der Waals surface area contributed by atoms with Crippen molar-refractivity contribution in [3.8, 4) is 0 Å². The van der Waals surface area contributed by atoms with Gasteiger partial charge in [0, 0.05) is 41.5 Å². The lowest BCUT2D eigenvalue weighted by atomic mass is 10.1. The fourth-order valence-corrected chi connectivity index (χ4v) is 8.96. The molecule has 342 valence electrons. The predicted molar refractivity (Wildman–Crippen MR) is 282 cm³/mol. The molecule has 7 heterocycles. The maximum absolute atomic E-state index is 12.3. The van der Waals surface area contributed by atoms with Crippen LogP contribution in [-0.2, 0) is 0 Å². The zero-order chi connectivity index (χ0) is 46.9. The second-order valence-electron chi connectivity index (χ2n) is 17.2. The second kappa shape index (κ2) is 30.7. The summed E-state index contributed by atoms with van der Waals surface area (Å²) >= 11 is 8.57. The molecule has 0 aliphatic carbocycles. The van der Waals surface area contributed by atoms with Crippen molar-refractivity contribution >= 4 is 62.3 Å². The molecule has 0 radical (unpaired) electrons. The van der Waals surface area contributed by atoms with Crippen molar-refractivity contribution in [3.63, 3.8) is 0 Å². The van der Waals surface area contributed by atoms with Gasteiger partial charge >= 0.3 is 0 Å². The minimum absolute atomic E-state index is 0.0845. The van der Waals surface area contributed by atoms with Gasteiger partial charge < -0.3 is 8.98 Å². The quantitative estimate of drug-likeness (QED) is 0.152. The van der Waals surface area contributed by atoms with E-state index >= 15 is 0 Å². The Labute approximate surface area is 396 Å². The van der Waals surface area contributed by atoms with Gasteiger partial charge in [0.25, 0.3) is 0 Å². The number of imidazole rings is 1. The third-order valence-corrected chi connectivity index (χ3v) is 14.9. The molecule has 9 heteroatoms. The van der Waals surface area contributed by atoms with Crippen molar-refractivity contribution in [2.45, 2.75) is 159 Å². The molecule has 0 amide bonds. The number of halogens is 1. The summed E-state index contributed by atoms with van der Waals surface area (Å²) < 4.78 is 19.3. The van der Waals surface area contributed by atoms with Crippen molar-refractivity contribution < 1.29 is 8.81 Å². The lowest BCUT2D eigenvalue weighted by molar-refractivity contribution is 0.562. The Balaban J connectivity index is 0.000000363. The smallest absolute Gasteiger partial charge is 0.176 e. The summed E-state index contributed by atoms with van der Waals surface area (Å²) in [5, 5.41) is 6.36. The lowest BCUT2D eigenvalue weighted by Crippen LogP contribution is -1.95. The average Bonchev–Trinajstić information content (AvgIpc) is 4.06. The van der Waals surface area contributed by atoms with E-state index in [-0.39, 0.29) is 5.13 Å². The summed E-state index contributed by atoms with van der Waals surface area (Å²) in [5.41, 5.74) is 4.98. The van der Waals surface area contributed by atoms with E-state index in [0.29, 0.717) is 41.5 Å². The minimum atomic E-state index is -0.0845. The van der Waals surface area contributed by atoms with Gasteiger partial charge in [-0.15, -0.1) is 45.3 Å². The average molecular weight is 938 g/mol. The van der Waals surface area contributed by atoms with Gasteiger partial charge in [-0.3, -0.25) is 0 Å². The molecule has 0 aliphatic rings. The van der Waals surface area contributed by atoms with Crippen LogP contribution in [0.2, 0.25) is 0 Å². The monoisotopic (exact) mass is 936 g/mol. The maximum atomic E-state index is 12.3. The van der Waals surface area contributed by atoms with Crippen molar-refractivity contribution in [1.82, 2.24) is 9.55 Å². The molecule has 7 rings (SSSR count). The van der Waals surface area contributed by atoms with E-state index in [1.807, 2.05) is 65.6 Å². The summed E-state index contributed by atoms with van der Waals surface area (Å²) in [6.45, 7) is 40.5. The normalized spacial score (nSPS) is 10.5. The van der Waals surface area contributed by atoms with E-state index < -0.39 is 0 Å². The number of aromatic nitrogens is 2. The van der Waals surface area contributed by atoms with Gasteiger partial charge in [0.1, 0.15) is 0 Å². The Bertz CT molecular complexity index is 1910. The van der Waals surface area contributed by atoms with Gasteiger partial charge in [-0.1, -0.05) is 95.7 Å². The number of thiophene rings is 5. The van der Waals surface area contributed by atoms with Crippen LogP contribution in [0.15, 0.2) is 113 Å². The first-order chi connectivity index (χ1) is 29.1. The van der Waals surface area contributed by atoms with Crippen LogP contribution in [0.5, 0.6) is 0 Å². The van der Waals surface area contributed by atoms with Gasteiger partial charge in [-0.25, -0.2) is 4.98 Å². The van der Waals surface area contributed by atoms with Crippen LogP contribution < -0.4 is 0 Å². The van der Waals surface area contributed by atoms with Gasteiger partial charge in [-0.05, 0) is 158 Å². The number of furan rings is 1. The minimum Gasteiger partial charge on any atom is -0.472 e. The summed E-state index contributed by atoms with van der Waals surface area (Å²) in [5.74, 6) is 3.79. The molecular formula is C53H77FN2OS5. The molecule has 62 heavy (non-hydrogen) atoms. The topological polar surface area (TPSA) is 31.0 Å². The molecule has 0 spiro atoms. The fraction of sp³-hybridized carbons (Fsp3) is 0.453. The van der Waals surface area contributed by atoms with E-state index in [9.17, 15) is 4.39 Å². The van der Waals surface area contributed by atoms with Crippen molar-refractivity contribution in [2.75, 3.05) is 0 Å². The van der Waals surface area contributed by atoms with E-state index in [4.69, 9.17) is 4.42 Å². The molecule has 0 aromatic carbocycles. The number of allylic oxidation sites excluding steroid dienone is 1. The largest absolute Gasteiger partial charge is 0.472 e. The molecular weight excluding hydrogens is 860 g/mol. The Morgan fingerprint density at radius 2 is 1.19 bits per heavy atom. The zero-order valence-electron chi connectivity index (χ0n) is 40.8. The van der Waals surface area contributed by atoms with Crippen LogP contribution in [-0.4, -0.2) is 9.55 Å². The fourth-order valence-electron chi connectivity index (χ4n) is 4.84. The molecule has 0 unspecified atom stereocenters. The highest BCUT2D eigenvalue weighted by molar-refractivity contribution is 7.13. The van der Waals surface area contributed by atoms with Crippen molar-refractivity contribution in [3.05, 3.63) is 160 Å². The molecule has 0 atom stereocenters. The molecule has 0 bridgehead atoms. The van der Waals surface area contributed by atoms with Crippen LogP contribution in [0.1, 0.15) is 191 Å². The van der Waals surface area contributed by atoms with Gasteiger partial charge in [0.2, 0.25) is 0 Å². The number of rotatable bonds is 8. The maximum Gasteiger partial charge on any atom is 0.176 e. The number of hydrogen-bond donors (Lipinski definition) is 0. The predicted octanol–water partition coefficient (Wildman–Crippen LogP) is 20.0. The molecule has 7 aromatic heterocycles. The first kappa shape index (κ1) is 56.7. The highest BCUT2D eigenvalue weighted by Gasteiger charge is 2.04. The van der Waals surface area contributed by atoms with E-state index in [1.165, 1.54) is 58.5 Å². The molecule has 0 saturated heterocycles. The van der Waals surface area contributed by atoms with Crippen LogP contribution in [0, 0.1) is 19.0 Å². The van der Waals surface area contributed by atoms with Crippen molar-refractivity contribution in [1.29, 1.82) is 0 Å². The summed E-state index contributed by atoms with van der Waals surface area (Å²) in [6.07, 6.45) is 7.39. The summed E-state index contributed by atoms with van der Waals surface area (Å²) in [6, 6.07) is 21.1. The standard InChI is InChI=1S/C10H14S.C8H12S.C7H9FS.C7H12N2.C7H10O.2C7H10S/c1-7(2)9-5-6-10(11-9)8(3)4;1-6(2)8-5-4-7(3)9-8;1-5(2)6-3-4-7(8)9-6;1-6(2)9-4-7(3)8-5-9;2*1-6(2)7-3-4-8-5-7;1-6(2)7-4-3-5-8-7/h5-6,8H,1H2,2-4H3;4-6H,1-3H3;3-5H,1-2H3;4-6H,1-3H3;3*3-6H,1-2H3. The highest BCUT2D eigenvalue weighted by Crippen LogP contribution is 2.28. The Morgan fingerprint density at radius 3 is 1.44 bits per heavy atom. The van der Waals surface area contributed by atoms with Crippen LogP contribution in [0.25, 0.3) is 5.57 Å². The number of hydrogen-bond acceptors (Lipinski definition) is 7. The molecule has 0 fully saturated rings. The first-order valence-corrected chi connectivity index (χ1v) is 26.0. The molecule has 0 aliphatic heterocycles. The Kier molecular flexibility index (Phi) is 28.1. The van der Waals surface area contributed by atoms with E-state index in [0.717, 1.165) is 10.6 Å². The lowest BCUT2D eigenvalue weighted by Gasteiger charge is -2.02. The van der Waals surface area contributed by atoms with Gasteiger partial charge in [0.15, 0.2) is 5.13 Å². The number of nitrogens with zero attached hydrogens (tertiary/aromatic N) is 2. The Hall–Kier alpha value is -3.34. The summed E-state index contributed by atoms with van der Waals surface area (Å²) in [7, 11) is 0. The summed E-state index contributed by atoms with van der Waals surface area (Å²) in [4.78, 5) is 12.4. The third-order valence-electron chi connectivity index (χ3n) is 8.97. The van der Waals surface area contributed by atoms with Crippen molar-refractivity contribution in [2.24, 2.45) is 0 Å². The SMILES string of the molecule is C=C(C)c1ccc(C(C)C)s1.CC(C)c1ccc(F)s1.CC(C)c1cccs1.CC(C)c1ccoc1.CC(C)c1ccsc1.Cc1ccc(C(C)C)s1.Cc1cn(C(C)C)cn1. The highest BCUT2D eigenvalue weighted by atomic mass is 32.1. The van der Waals surface area contributed by atoms with E-state index in [1.54, 1.807) is 23.9 Å². The van der Waals surface area contributed by atoms with Crippen LogP contribution in [0.3, 0.4) is 0 Å². The van der Waals surface area contributed by atoms with Crippen LogP contribution in [0.4, 0.5) is 4.39 Å². The van der Waals surface area contributed by atoms with Gasteiger partial charge in [-0.2, -0.15) is 15.7 Å². The molecule has 0 N–H and O–H groups in total. The van der Waals surface area contributed by atoms with E-state index in [2.05, 4.69) is 186 Å². The third kappa shape index (κ3) is 23.9. The van der Waals surface area contributed by atoms with Crippen LogP contribution >= 0.6 is 56.7 Å². The number of aryl methyl sites for hydroxylation is 2. The molecule has 0 saturated carbocycles.